The van der Waals surface area contributed by atoms with Gasteiger partial charge in [-0.05, 0) is 65.8 Å². The summed E-state index contributed by atoms with van der Waals surface area (Å²) in [6, 6.07) is 27.4. The van der Waals surface area contributed by atoms with Gasteiger partial charge in [-0.15, -0.1) is 40.5 Å². The van der Waals surface area contributed by atoms with Crippen molar-refractivity contribution in [2.75, 3.05) is 0 Å². The maximum atomic E-state index is 11.7. The Morgan fingerprint density at radius 2 is 1.58 bits per heavy atom. The Labute approximate surface area is 287 Å². The Balaban J connectivity index is 0.000000297. The van der Waals surface area contributed by atoms with Crippen LogP contribution in [0.25, 0.3) is 43.2 Å². The Bertz CT molecular complexity index is 1740. The third kappa shape index (κ3) is 8.79. The van der Waals surface area contributed by atoms with Crippen LogP contribution in [-0.4, -0.2) is 15.9 Å². The van der Waals surface area contributed by atoms with Gasteiger partial charge in [0.05, 0.1) is 5.76 Å². The molecule has 3 nitrogen and oxygen atoms in total. The van der Waals surface area contributed by atoms with Gasteiger partial charge in [0.25, 0.3) is 0 Å². The molecular weight excluding hydrogens is 751 g/mol. The molecule has 45 heavy (non-hydrogen) atoms. The first-order valence-electron chi connectivity index (χ1n) is 15.9. The van der Waals surface area contributed by atoms with Crippen molar-refractivity contribution < 1.29 is 30.0 Å². The number of hydrogen-bond acceptors (Lipinski definition) is 4. The minimum Gasteiger partial charge on any atom is -0.512 e. The zero-order valence-corrected chi connectivity index (χ0v) is 30.8. The van der Waals surface area contributed by atoms with Crippen LogP contribution < -0.4 is 0 Å². The van der Waals surface area contributed by atoms with E-state index in [1.54, 1.807) is 11.3 Å². The SMILES string of the molecule is CC(C)(C)c1cc(-c2cc(-c3cccc4sccc34)ccn2)[c-]c2ccccc12.CCC(CC)C(=O)/C=C(\O)C(CC)CC.[Ir]. The van der Waals surface area contributed by atoms with Gasteiger partial charge in [0.2, 0.25) is 0 Å². The van der Waals surface area contributed by atoms with Crippen LogP contribution in [0.3, 0.4) is 0 Å². The first-order valence-corrected chi connectivity index (χ1v) is 16.8. The van der Waals surface area contributed by atoms with Crippen LogP contribution in [0.15, 0.2) is 90.1 Å². The smallest absolute Gasteiger partial charge is 0.162 e. The van der Waals surface area contributed by atoms with Crippen LogP contribution >= 0.6 is 11.3 Å². The molecule has 5 rings (SSSR count). The van der Waals surface area contributed by atoms with Crippen molar-refractivity contribution in [2.24, 2.45) is 11.8 Å². The van der Waals surface area contributed by atoms with Crippen LogP contribution in [-0.2, 0) is 30.3 Å². The summed E-state index contributed by atoms with van der Waals surface area (Å²) < 4.78 is 1.31. The summed E-state index contributed by atoms with van der Waals surface area (Å²) in [5.41, 5.74) is 5.83. The fraction of sp³-hybridized carbons (Fsp3) is 0.350. The molecule has 3 aromatic carbocycles. The molecule has 0 saturated carbocycles. The summed E-state index contributed by atoms with van der Waals surface area (Å²) in [6.07, 6.45) is 6.82. The van der Waals surface area contributed by atoms with Gasteiger partial charge in [-0.2, -0.15) is 0 Å². The first-order chi connectivity index (χ1) is 21.1. The average molecular weight is 797 g/mol. The Morgan fingerprint density at radius 1 is 0.889 bits per heavy atom. The van der Waals surface area contributed by atoms with E-state index in [0.29, 0.717) is 0 Å². The van der Waals surface area contributed by atoms with Crippen molar-refractivity contribution in [2.45, 2.75) is 79.6 Å². The van der Waals surface area contributed by atoms with Gasteiger partial charge in [-0.25, -0.2) is 0 Å². The van der Waals surface area contributed by atoms with Gasteiger partial charge in [0.15, 0.2) is 5.78 Å². The largest absolute Gasteiger partial charge is 0.512 e. The Kier molecular flexibility index (Phi) is 13.3. The van der Waals surface area contributed by atoms with E-state index in [-0.39, 0.29) is 48.9 Å². The number of aliphatic hydroxyl groups is 1. The molecule has 1 radical (unpaired) electrons. The van der Waals surface area contributed by atoms with Crippen LogP contribution in [0.4, 0.5) is 0 Å². The molecule has 5 heteroatoms. The average Bonchev–Trinajstić information content (AvgIpc) is 3.51. The Hall–Kier alpha value is -3.11. The van der Waals surface area contributed by atoms with E-state index in [1.165, 1.54) is 38.2 Å². The molecule has 0 bridgehead atoms. The summed E-state index contributed by atoms with van der Waals surface area (Å²) in [4.78, 5) is 16.4. The standard InChI is InChI=1S/C27H22NS.C13H24O2.Ir/c1-27(2,3)24-16-20(15-18-7-4-5-8-22(18)24)25-17-19(11-13-28-25)21-9-6-10-26-23(21)12-14-29-26;1-5-10(6-2)12(14)9-13(15)11(7-3)8-4;/h4-14,16-17H,1-3H3;9-11,14H,5-8H2,1-4H3;/q-1;;/b;12-9-;. The quantitative estimate of drug-likeness (QED) is 0.0918. The third-order valence-corrected chi connectivity index (χ3v) is 9.39. The minimum atomic E-state index is 0. The monoisotopic (exact) mass is 797 g/mol. The fourth-order valence-electron chi connectivity index (χ4n) is 5.76. The van der Waals surface area contributed by atoms with Gasteiger partial charge >= 0.3 is 0 Å². The number of aliphatic hydroxyl groups excluding tert-OH is 1. The van der Waals surface area contributed by atoms with Crippen LogP contribution in [0.5, 0.6) is 0 Å². The molecule has 0 fully saturated rings. The summed E-state index contributed by atoms with van der Waals surface area (Å²) in [5.74, 6) is 0.547. The van der Waals surface area contributed by atoms with Gasteiger partial charge in [0.1, 0.15) is 0 Å². The second kappa shape index (κ2) is 16.5. The van der Waals surface area contributed by atoms with E-state index in [4.69, 9.17) is 4.98 Å². The number of fused-ring (bicyclic) bond motifs is 2. The number of aromatic nitrogens is 1. The number of hydrogen-bond donors (Lipinski definition) is 1. The van der Waals surface area contributed by atoms with Gasteiger partial charge in [-0.1, -0.05) is 95.8 Å². The zero-order valence-electron chi connectivity index (χ0n) is 27.6. The van der Waals surface area contributed by atoms with Gasteiger partial charge < -0.3 is 5.11 Å². The molecule has 0 aliphatic heterocycles. The predicted molar refractivity (Wildman–Crippen MR) is 189 cm³/mol. The van der Waals surface area contributed by atoms with Crippen molar-refractivity contribution >= 4 is 38.0 Å². The molecular formula is C40H46IrNO2S-. The second-order valence-electron chi connectivity index (χ2n) is 12.5. The maximum absolute atomic E-state index is 11.7. The van der Waals surface area contributed by atoms with Crippen molar-refractivity contribution in [3.8, 4) is 22.4 Å². The summed E-state index contributed by atoms with van der Waals surface area (Å²) in [5, 5.41) is 15.6. The van der Waals surface area contributed by atoms with E-state index >= 15 is 0 Å². The number of ketones is 1. The molecule has 2 aromatic heterocycles. The molecule has 0 atom stereocenters. The number of carbonyl (C=O) groups excluding carboxylic acids is 1. The zero-order chi connectivity index (χ0) is 31.9. The van der Waals surface area contributed by atoms with Crippen LogP contribution in [0.2, 0.25) is 0 Å². The normalized spacial score (nSPS) is 11.9. The summed E-state index contributed by atoms with van der Waals surface area (Å²) in [6.45, 7) is 14.9. The number of benzene rings is 3. The van der Waals surface area contributed by atoms with E-state index < -0.39 is 0 Å². The second-order valence-corrected chi connectivity index (χ2v) is 13.4. The van der Waals surface area contributed by atoms with Crippen molar-refractivity contribution in [1.29, 1.82) is 0 Å². The van der Waals surface area contributed by atoms with E-state index in [1.807, 2.05) is 33.9 Å². The molecule has 239 valence electrons. The molecule has 0 amide bonds. The van der Waals surface area contributed by atoms with E-state index in [9.17, 15) is 9.90 Å². The molecule has 0 aliphatic rings. The van der Waals surface area contributed by atoms with Crippen molar-refractivity contribution in [1.82, 2.24) is 4.98 Å². The Morgan fingerprint density at radius 3 is 2.24 bits per heavy atom. The number of rotatable bonds is 9. The number of allylic oxidation sites excluding steroid dienone is 2. The molecule has 1 N–H and O–H groups in total. The number of nitrogens with zero attached hydrogens (tertiary/aromatic N) is 1. The van der Waals surface area contributed by atoms with E-state index in [2.05, 4.69) is 98.9 Å². The van der Waals surface area contributed by atoms with Crippen LogP contribution in [0, 0.1) is 17.9 Å². The number of pyridine rings is 1. The first kappa shape index (κ1) is 36.4. The van der Waals surface area contributed by atoms with Crippen molar-refractivity contribution in [3.05, 3.63) is 102 Å². The minimum absolute atomic E-state index is 0. The summed E-state index contributed by atoms with van der Waals surface area (Å²) >= 11 is 1.78. The maximum Gasteiger partial charge on any atom is 0.162 e. The molecule has 5 aromatic rings. The third-order valence-electron chi connectivity index (χ3n) is 8.51. The van der Waals surface area contributed by atoms with Gasteiger partial charge in [-0.3, -0.25) is 9.78 Å². The molecule has 0 saturated heterocycles. The molecule has 0 unspecified atom stereocenters. The number of carbonyl (C=O) groups is 1. The molecule has 0 aliphatic carbocycles. The number of thiophene rings is 1. The fourth-order valence-corrected chi connectivity index (χ4v) is 6.57. The summed E-state index contributed by atoms with van der Waals surface area (Å²) in [7, 11) is 0. The van der Waals surface area contributed by atoms with Gasteiger partial charge in [0, 0.05) is 60.0 Å². The van der Waals surface area contributed by atoms with Crippen molar-refractivity contribution in [3.63, 3.8) is 0 Å². The predicted octanol–water partition coefficient (Wildman–Crippen LogP) is 11.7. The van der Waals surface area contributed by atoms with E-state index in [0.717, 1.165) is 42.3 Å². The van der Waals surface area contributed by atoms with Crippen LogP contribution in [0.1, 0.15) is 79.7 Å². The molecule has 2 heterocycles. The molecule has 0 spiro atoms. The topological polar surface area (TPSA) is 50.2 Å².